The summed E-state index contributed by atoms with van der Waals surface area (Å²) >= 11 is 0. The maximum atomic E-state index is 9.13. The second-order valence-corrected chi connectivity index (χ2v) is 2.61. The zero-order chi connectivity index (χ0) is 8.27. The Morgan fingerprint density at radius 3 is 2.82 bits per heavy atom. The van der Waals surface area contributed by atoms with E-state index in [-0.39, 0.29) is 0 Å². The van der Waals surface area contributed by atoms with Crippen molar-refractivity contribution in [2.45, 2.75) is 19.4 Å². The standard InChI is InChI=1S/C10H13O/c1-3-9-5-4-6-10(7-9)8(2)11/h4-8,11H,2-3H2,1H3/t8-/m1/s1. The first-order chi connectivity index (χ1) is 5.24. The van der Waals surface area contributed by atoms with Gasteiger partial charge in [0.25, 0.3) is 0 Å². The van der Waals surface area contributed by atoms with Crippen LogP contribution in [-0.4, -0.2) is 5.11 Å². The lowest BCUT2D eigenvalue weighted by Crippen LogP contribution is -1.92. The molecule has 1 aromatic carbocycles. The van der Waals surface area contributed by atoms with Crippen LogP contribution in [0.1, 0.15) is 24.2 Å². The van der Waals surface area contributed by atoms with Crippen molar-refractivity contribution >= 4 is 0 Å². The summed E-state index contributed by atoms with van der Waals surface area (Å²) in [4.78, 5) is 0. The van der Waals surface area contributed by atoms with Gasteiger partial charge in [-0.15, -0.1) is 0 Å². The van der Waals surface area contributed by atoms with Crippen molar-refractivity contribution in [1.82, 2.24) is 0 Å². The first kappa shape index (κ1) is 8.28. The maximum Gasteiger partial charge on any atom is 0.0791 e. The fourth-order valence-electron chi connectivity index (χ4n) is 1.02. The molecule has 1 rings (SSSR count). The molecule has 1 nitrogen and oxygen atoms in total. The molecule has 0 aliphatic rings. The molecule has 0 aromatic heterocycles. The summed E-state index contributed by atoms with van der Waals surface area (Å²) in [6, 6.07) is 7.86. The first-order valence-corrected chi connectivity index (χ1v) is 3.84. The van der Waals surface area contributed by atoms with E-state index in [4.69, 9.17) is 5.11 Å². The van der Waals surface area contributed by atoms with E-state index < -0.39 is 6.10 Å². The molecule has 1 N–H and O–H groups in total. The highest BCUT2D eigenvalue weighted by molar-refractivity contribution is 5.25. The van der Waals surface area contributed by atoms with Crippen molar-refractivity contribution in [3.8, 4) is 0 Å². The van der Waals surface area contributed by atoms with Crippen LogP contribution in [0, 0.1) is 6.92 Å². The fraction of sp³-hybridized carbons (Fsp3) is 0.300. The number of hydrogen-bond donors (Lipinski definition) is 1. The van der Waals surface area contributed by atoms with Crippen LogP contribution in [-0.2, 0) is 6.42 Å². The maximum absolute atomic E-state index is 9.13. The second kappa shape index (κ2) is 3.54. The largest absolute Gasteiger partial charge is 0.388 e. The minimum Gasteiger partial charge on any atom is -0.388 e. The van der Waals surface area contributed by atoms with Gasteiger partial charge in [0, 0.05) is 0 Å². The number of hydrogen-bond acceptors (Lipinski definition) is 1. The molecule has 0 heterocycles. The second-order valence-electron chi connectivity index (χ2n) is 2.61. The van der Waals surface area contributed by atoms with Crippen molar-refractivity contribution in [3.05, 3.63) is 42.3 Å². The van der Waals surface area contributed by atoms with Crippen LogP contribution >= 0.6 is 0 Å². The van der Waals surface area contributed by atoms with Crippen molar-refractivity contribution in [2.24, 2.45) is 0 Å². The molecular formula is C10H13O. The molecule has 0 bridgehead atoms. The summed E-state index contributed by atoms with van der Waals surface area (Å²) in [5.74, 6) is 0. The van der Waals surface area contributed by atoms with E-state index in [9.17, 15) is 0 Å². The minimum atomic E-state index is -0.596. The van der Waals surface area contributed by atoms with Gasteiger partial charge in [-0.25, -0.2) is 0 Å². The van der Waals surface area contributed by atoms with Gasteiger partial charge in [-0.1, -0.05) is 31.2 Å². The molecule has 0 fully saturated rings. The summed E-state index contributed by atoms with van der Waals surface area (Å²) in [5.41, 5.74) is 2.13. The van der Waals surface area contributed by atoms with Crippen molar-refractivity contribution in [1.29, 1.82) is 0 Å². The molecule has 59 valence electrons. The smallest absolute Gasteiger partial charge is 0.0791 e. The van der Waals surface area contributed by atoms with Crippen LogP contribution in [0.3, 0.4) is 0 Å². The number of benzene rings is 1. The van der Waals surface area contributed by atoms with E-state index in [0.29, 0.717) is 0 Å². The monoisotopic (exact) mass is 149 g/mol. The average molecular weight is 149 g/mol. The zero-order valence-corrected chi connectivity index (χ0v) is 6.75. The summed E-state index contributed by atoms with van der Waals surface area (Å²) in [7, 11) is 0. The molecule has 0 spiro atoms. The molecule has 0 saturated carbocycles. The van der Waals surface area contributed by atoms with Crippen LogP contribution in [0.15, 0.2) is 24.3 Å². The van der Waals surface area contributed by atoms with Crippen LogP contribution in [0.4, 0.5) is 0 Å². The van der Waals surface area contributed by atoms with Gasteiger partial charge in [0.2, 0.25) is 0 Å². The van der Waals surface area contributed by atoms with Gasteiger partial charge in [-0.2, -0.15) is 0 Å². The molecule has 0 aliphatic heterocycles. The summed E-state index contributed by atoms with van der Waals surface area (Å²) in [6.45, 7) is 5.63. The molecule has 0 unspecified atom stereocenters. The third-order valence-corrected chi connectivity index (χ3v) is 1.74. The van der Waals surface area contributed by atoms with Gasteiger partial charge in [-0.05, 0) is 24.5 Å². The van der Waals surface area contributed by atoms with Crippen LogP contribution < -0.4 is 0 Å². The lowest BCUT2D eigenvalue weighted by Gasteiger charge is -2.05. The summed E-state index contributed by atoms with van der Waals surface area (Å²) in [6.07, 6.45) is 0.405. The Balaban J connectivity index is 2.91. The minimum absolute atomic E-state index is 0.596. The lowest BCUT2D eigenvalue weighted by molar-refractivity contribution is 0.226. The SMILES string of the molecule is [CH2][C@@H](O)c1cccc(CC)c1. The Kier molecular flexibility index (Phi) is 2.66. The zero-order valence-electron chi connectivity index (χ0n) is 6.75. The van der Waals surface area contributed by atoms with E-state index in [0.717, 1.165) is 12.0 Å². The molecule has 1 heteroatoms. The van der Waals surface area contributed by atoms with Gasteiger partial charge in [0.1, 0.15) is 0 Å². The topological polar surface area (TPSA) is 20.2 Å². The van der Waals surface area contributed by atoms with E-state index >= 15 is 0 Å². The predicted molar refractivity (Wildman–Crippen MR) is 46.1 cm³/mol. The third-order valence-electron chi connectivity index (χ3n) is 1.74. The molecule has 0 amide bonds. The number of aryl methyl sites for hydroxylation is 1. The molecule has 0 aliphatic carbocycles. The molecule has 1 atom stereocenters. The molecule has 1 radical (unpaired) electrons. The van der Waals surface area contributed by atoms with Gasteiger partial charge >= 0.3 is 0 Å². The Bertz CT molecular complexity index is 228. The van der Waals surface area contributed by atoms with Gasteiger partial charge in [0.15, 0.2) is 0 Å². The highest BCUT2D eigenvalue weighted by Crippen LogP contribution is 2.13. The van der Waals surface area contributed by atoms with Gasteiger partial charge < -0.3 is 5.11 Å². The lowest BCUT2D eigenvalue weighted by atomic mass is 10.1. The third kappa shape index (κ3) is 2.05. The molecule has 0 saturated heterocycles. The summed E-state index contributed by atoms with van der Waals surface area (Å²) < 4.78 is 0. The fourth-order valence-corrected chi connectivity index (χ4v) is 1.02. The van der Waals surface area contributed by atoms with E-state index in [1.165, 1.54) is 5.56 Å². The van der Waals surface area contributed by atoms with E-state index in [1.807, 2.05) is 24.3 Å². The van der Waals surface area contributed by atoms with Gasteiger partial charge in [0.05, 0.1) is 6.10 Å². The van der Waals surface area contributed by atoms with E-state index in [2.05, 4.69) is 13.8 Å². The summed E-state index contributed by atoms with van der Waals surface area (Å²) in [5, 5.41) is 9.13. The number of aliphatic hydroxyl groups excluding tert-OH is 1. The molecule has 11 heavy (non-hydrogen) atoms. The predicted octanol–water partition coefficient (Wildman–Crippen LogP) is 2.12. The van der Waals surface area contributed by atoms with Crippen molar-refractivity contribution in [2.75, 3.05) is 0 Å². The van der Waals surface area contributed by atoms with Crippen LogP contribution in [0.2, 0.25) is 0 Å². The molecular weight excluding hydrogens is 136 g/mol. The number of rotatable bonds is 2. The highest BCUT2D eigenvalue weighted by atomic mass is 16.3. The Morgan fingerprint density at radius 2 is 2.27 bits per heavy atom. The average Bonchev–Trinajstić information content (AvgIpc) is 2.05. The van der Waals surface area contributed by atoms with Crippen LogP contribution in [0.5, 0.6) is 0 Å². The number of aliphatic hydroxyl groups is 1. The Labute approximate surface area is 67.7 Å². The Hall–Kier alpha value is -0.820. The van der Waals surface area contributed by atoms with Crippen LogP contribution in [0.25, 0.3) is 0 Å². The Morgan fingerprint density at radius 1 is 1.55 bits per heavy atom. The quantitative estimate of drug-likeness (QED) is 0.682. The first-order valence-electron chi connectivity index (χ1n) is 3.84. The van der Waals surface area contributed by atoms with E-state index in [1.54, 1.807) is 0 Å². The van der Waals surface area contributed by atoms with Crippen molar-refractivity contribution < 1.29 is 5.11 Å². The highest BCUT2D eigenvalue weighted by Gasteiger charge is 1.99. The molecule has 1 aromatic rings. The normalized spacial score (nSPS) is 13.0. The van der Waals surface area contributed by atoms with Crippen molar-refractivity contribution in [3.63, 3.8) is 0 Å². The van der Waals surface area contributed by atoms with Gasteiger partial charge in [-0.3, -0.25) is 0 Å².